The first kappa shape index (κ1) is 9.80. The Kier molecular flexibility index (Phi) is 3.08. The van der Waals surface area contributed by atoms with Gasteiger partial charge in [-0.15, -0.1) is 0 Å². The molecule has 1 rings (SSSR count). The van der Waals surface area contributed by atoms with E-state index in [1.54, 1.807) is 19.2 Å². The van der Waals surface area contributed by atoms with E-state index in [9.17, 15) is 5.11 Å². The first-order valence-electron chi connectivity index (χ1n) is 3.77. The number of methoxy groups -OCH3 is 1. The molecule has 3 nitrogen and oxygen atoms in total. The molecule has 4 heteroatoms. The fourth-order valence-corrected chi connectivity index (χ4v) is 1.16. The van der Waals surface area contributed by atoms with Crippen LogP contribution in [0.3, 0.4) is 0 Å². The summed E-state index contributed by atoms with van der Waals surface area (Å²) >= 11 is 4.73. The predicted molar refractivity (Wildman–Crippen MR) is 55.1 cm³/mol. The highest BCUT2D eigenvalue weighted by molar-refractivity contribution is 7.80. The van der Waals surface area contributed by atoms with Crippen LogP contribution in [0.1, 0.15) is 5.56 Å². The topological polar surface area (TPSA) is 55.5 Å². The molecule has 0 radical (unpaired) electrons. The molecule has 0 spiro atoms. The van der Waals surface area contributed by atoms with Crippen LogP contribution in [-0.2, 0) is 6.42 Å². The molecule has 0 aromatic heterocycles. The number of hydrogen-bond donors (Lipinski definition) is 2. The molecule has 0 aliphatic heterocycles. The second kappa shape index (κ2) is 4.09. The molecule has 3 N–H and O–H groups in total. The zero-order valence-corrected chi connectivity index (χ0v) is 8.10. The lowest BCUT2D eigenvalue weighted by molar-refractivity contribution is 0.407. The Morgan fingerprint density at radius 2 is 2.31 bits per heavy atom. The number of ether oxygens (including phenoxy) is 1. The van der Waals surface area contributed by atoms with E-state index in [4.69, 9.17) is 22.7 Å². The molecule has 0 amide bonds. The molecule has 1 aromatic carbocycles. The third kappa shape index (κ3) is 2.59. The summed E-state index contributed by atoms with van der Waals surface area (Å²) < 4.78 is 4.93. The molecular weight excluding hydrogens is 186 g/mol. The molecule has 0 bridgehead atoms. The molecular formula is C9H11NO2S. The van der Waals surface area contributed by atoms with E-state index < -0.39 is 0 Å². The zero-order chi connectivity index (χ0) is 9.84. The van der Waals surface area contributed by atoms with Crippen molar-refractivity contribution in [1.82, 2.24) is 0 Å². The van der Waals surface area contributed by atoms with Crippen LogP contribution in [0.4, 0.5) is 0 Å². The van der Waals surface area contributed by atoms with Crippen molar-refractivity contribution in [2.45, 2.75) is 6.42 Å². The van der Waals surface area contributed by atoms with Crippen LogP contribution in [0.15, 0.2) is 18.2 Å². The first-order chi connectivity index (χ1) is 6.13. The molecule has 0 heterocycles. The van der Waals surface area contributed by atoms with Gasteiger partial charge in [-0.25, -0.2) is 0 Å². The van der Waals surface area contributed by atoms with Crippen molar-refractivity contribution in [3.63, 3.8) is 0 Å². The Bertz CT molecular complexity index is 325. The Labute approximate surface area is 82.1 Å². The van der Waals surface area contributed by atoms with Crippen LogP contribution in [0.2, 0.25) is 0 Å². The molecule has 70 valence electrons. The van der Waals surface area contributed by atoms with E-state index in [0.717, 1.165) is 0 Å². The Hall–Kier alpha value is -1.29. The van der Waals surface area contributed by atoms with Crippen molar-refractivity contribution in [2.75, 3.05) is 7.11 Å². The van der Waals surface area contributed by atoms with Crippen LogP contribution in [-0.4, -0.2) is 17.2 Å². The van der Waals surface area contributed by atoms with Gasteiger partial charge in [0.25, 0.3) is 0 Å². The van der Waals surface area contributed by atoms with Gasteiger partial charge in [0, 0.05) is 18.1 Å². The minimum atomic E-state index is 0.159. The molecule has 0 atom stereocenters. The molecule has 0 aliphatic rings. The monoisotopic (exact) mass is 197 g/mol. The largest absolute Gasteiger partial charge is 0.508 e. The fourth-order valence-electron chi connectivity index (χ4n) is 1.01. The van der Waals surface area contributed by atoms with Gasteiger partial charge in [0.15, 0.2) is 0 Å². The molecule has 0 aliphatic carbocycles. The van der Waals surface area contributed by atoms with E-state index in [0.29, 0.717) is 22.7 Å². The summed E-state index contributed by atoms with van der Waals surface area (Å²) in [5.74, 6) is 0.774. The number of rotatable bonds is 3. The Morgan fingerprint density at radius 3 is 2.77 bits per heavy atom. The highest BCUT2D eigenvalue weighted by Gasteiger charge is 2.03. The van der Waals surface area contributed by atoms with Gasteiger partial charge in [0.2, 0.25) is 0 Å². The minimum absolute atomic E-state index is 0.159. The quantitative estimate of drug-likeness (QED) is 0.716. The summed E-state index contributed by atoms with van der Waals surface area (Å²) in [6.07, 6.45) is 0.408. The van der Waals surface area contributed by atoms with Crippen LogP contribution in [0, 0.1) is 0 Å². The van der Waals surface area contributed by atoms with Crippen molar-refractivity contribution >= 4 is 17.2 Å². The Balaban J connectivity index is 2.91. The van der Waals surface area contributed by atoms with E-state index in [-0.39, 0.29) is 5.75 Å². The standard InChI is InChI=1S/C9H11NO2S/c1-12-7-3-2-6(4-9(10)13)8(11)5-7/h2-3,5,11H,4H2,1H3,(H2,10,13). The maximum Gasteiger partial charge on any atom is 0.122 e. The third-order valence-electron chi connectivity index (χ3n) is 1.66. The Morgan fingerprint density at radius 1 is 1.62 bits per heavy atom. The van der Waals surface area contributed by atoms with Crippen LogP contribution in [0.5, 0.6) is 11.5 Å². The molecule has 1 aromatic rings. The molecule has 0 fully saturated rings. The van der Waals surface area contributed by atoms with E-state index in [1.807, 2.05) is 0 Å². The van der Waals surface area contributed by atoms with Gasteiger partial charge in [-0.2, -0.15) is 0 Å². The normalized spacial score (nSPS) is 9.62. The van der Waals surface area contributed by atoms with Gasteiger partial charge in [-0.1, -0.05) is 18.3 Å². The van der Waals surface area contributed by atoms with Crippen molar-refractivity contribution in [3.05, 3.63) is 23.8 Å². The zero-order valence-electron chi connectivity index (χ0n) is 7.28. The van der Waals surface area contributed by atoms with Gasteiger partial charge in [-0.3, -0.25) is 0 Å². The first-order valence-corrected chi connectivity index (χ1v) is 4.18. The summed E-state index contributed by atoms with van der Waals surface area (Å²) in [6.45, 7) is 0. The fraction of sp³-hybridized carbons (Fsp3) is 0.222. The SMILES string of the molecule is COc1ccc(CC(N)=S)c(O)c1. The lowest BCUT2D eigenvalue weighted by atomic mass is 10.1. The van der Waals surface area contributed by atoms with E-state index in [1.165, 1.54) is 6.07 Å². The average molecular weight is 197 g/mol. The van der Waals surface area contributed by atoms with Gasteiger partial charge in [0.1, 0.15) is 11.5 Å². The van der Waals surface area contributed by atoms with Crippen LogP contribution in [0.25, 0.3) is 0 Å². The van der Waals surface area contributed by atoms with Gasteiger partial charge in [-0.05, 0) is 6.07 Å². The number of phenols is 1. The van der Waals surface area contributed by atoms with Gasteiger partial charge < -0.3 is 15.6 Å². The number of benzene rings is 1. The highest BCUT2D eigenvalue weighted by atomic mass is 32.1. The predicted octanol–water partition coefficient (Wildman–Crippen LogP) is 1.23. The van der Waals surface area contributed by atoms with Crippen molar-refractivity contribution < 1.29 is 9.84 Å². The summed E-state index contributed by atoms with van der Waals surface area (Å²) in [7, 11) is 1.54. The molecule has 0 saturated heterocycles. The summed E-state index contributed by atoms with van der Waals surface area (Å²) in [4.78, 5) is 0.362. The average Bonchev–Trinajstić information content (AvgIpc) is 2.08. The number of hydrogen-bond acceptors (Lipinski definition) is 3. The van der Waals surface area contributed by atoms with Crippen molar-refractivity contribution in [3.8, 4) is 11.5 Å². The highest BCUT2D eigenvalue weighted by Crippen LogP contribution is 2.23. The van der Waals surface area contributed by atoms with Crippen LogP contribution >= 0.6 is 12.2 Å². The summed E-state index contributed by atoms with van der Waals surface area (Å²) in [5, 5.41) is 9.48. The molecule has 0 saturated carbocycles. The van der Waals surface area contributed by atoms with E-state index in [2.05, 4.69) is 0 Å². The van der Waals surface area contributed by atoms with Crippen molar-refractivity contribution in [2.24, 2.45) is 5.73 Å². The second-order valence-electron chi connectivity index (χ2n) is 2.64. The number of nitrogens with two attached hydrogens (primary N) is 1. The molecule has 13 heavy (non-hydrogen) atoms. The maximum atomic E-state index is 9.48. The summed E-state index contributed by atoms with van der Waals surface area (Å²) in [6, 6.07) is 5.04. The number of phenolic OH excluding ortho intramolecular Hbond substituents is 1. The minimum Gasteiger partial charge on any atom is -0.508 e. The third-order valence-corrected chi connectivity index (χ3v) is 1.80. The van der Waals surface area contributed by atoms with Gasteiger partial charge >= 0.3 is 0 Å². The van der Waals surface area contributed by atoms with Gasteiger partial charge in [0.05, 0.1) is 12.1 Å². The smallest absolute Gasteiger partial charge is 0.122 e. The molecule has 0 unspecified atom stereocenters. The summed E-state index contributed by atoms with van der Waals surface area (Å²) in [5.41, 5.74) is 6.07. The van der Waals surface area contributed by atoms with E-state index >= 15 is 0 Å². The number of thiocarbonyl (C=S) groups is 1. The van der Waals surface area contributed by atoms with Crippen molar-refractivity contribution in [1.29, 1.82) is 0 Å². The lowest BCUT2D eigenvalue weighted by Gasteiger charge is -2.05. The lowest BCUT2D eigenvalue weighted by Crippen LogP contribution is -2.11. The van der Waals surface area contributed by atoms with Crippen LogP contribution < -0.4 is 10.5 Å². The number of aromatic hydroxyl groups is 1. The maximum absolute atomic E-state index is 9.48. The second-order valence-corrected chi connectivity index (χ2v) is 3.16.